The molecule has 2 aromatic rings. The molecule has 2 aromatic carbocycles. The number of ether oxygens (including phenoxy) is 2. The van der Waals surface area contributed by atoms with Gasteiger partial charge in [-0.25, -0.2) is 0 Å². The summed E-state index contributed by atoms with van der Waals surface area (Å²) in [6, 6.07) is 12.6. The van der Waals surface area contributed by atoms with Gasteiger partial charge in [-0.05, 0) is 71.8 Å². The average Bonchev–Trinajstić information content (AvgIpc) is 2.78. The van der Waals surface area contributed by atoms with Crippen LogP contribution in [-0.2, 0) is 16.6 Å². The van der Waals surface area contributed by atoms with Crippen LogP contribution in [-0.4, -0.2) is 20.1 Å². The Kier molecular flexibility index (Phi) is 6.00. The minimum absolute atomic E-state index is 0.0252. The van der Waals surface area contributed by atoms with Crippen molar-refractivity contribution in [1.82, 2.24) is 0 Å². The van der Waals surface area contributed by atoms with Crippen molar-refractivity contribution in [1.29, 1.82) is 0 Å². The molecule has 32 heavy (non-hydrogen) atoms. The van der Waals surface area contributed by atoms with E-state index in [2.05, 4.69) is 51.2 Å². The van der Waals surface area contributed by atoms with Crippen LogP contribution in [0.3, 0.4) is 0 Å². The predicted octanol–water partition coefficient (Wildman–Crippen LogP) is 6.48. The topological polar surface area (TPSA) is 47.6 Å². The first-order valence-corrected chi connectivity index (χ1v) is 11.9. The lowest BCUT2D eigenvalue weighted by Gasteiger charge is -2.54. The van der Waals surface area contributed by atoms with E-state index >= 15 is 0 Å². The van der Waals surface area contributed by atoms with Crippen molar-refractivity contribution in [2.24, 2.45) is 11.3 Å². The highest BCUT2D eigenvalue weighted by molar-refractivity contribution is 5.97. The summed E-state index contributed by atoms with van der Waals surface area (Å²) in [6.07, 6.45) is 5.21. The molecule has 0 bridgehead atoms. The second-order valence-corrected chi connectivity index (χ2v) is 10.4. The minimum atomic E-state index is -0.424. The Labute approximate surface area is 192 Å². The monoisotopic (exact) mass is 435 g/mol. The first-order valence-electron chi connectivity index (χ1n) is 11.9. The Hall–Kier alpha value is -2.49. The number of hydrogen-bond acceptors (Lipinski definition) is 3. The molecule has 4 rings (SSSR count). The van der Waals surface area contributed by atoms with Crippen LogP contribution in [0.15, 0.2) is 36.4 Å². The van der Waals surface area contributed by atoms with E-state index in [1.165, 1.54) is 16.7 Å². The molecule has 0 aliphatic heterocycles. The van der Waals surface area contributed by atoms with Gasteiger partial charge in [0.1, 0.15) is 11.5 Å². The highest BCUT2D eigenvalue weighted by Crippen LogP contribution is 2.57. The molecular weight excluding hydrogens is 398 g/mol. The van der Waals surface area contributed by atoms with Crippen molar-refractivity contribution < 1.29 is 14.3 Å². The van der Waals surface area contributed by atoms with Gasteiger partial charge in [0.15, 0.2) is 0 Å². The van der Waals surface area contributed by atoms with E-state index in [9.17, 15) is 4.79 Å². The van der Waals surface area contributed by atoms with Crippen LogP contribution < -0.4 is 14.8 Å². The van der Waals surface area contributed by atoms with Gasteiger partial charge in [-0.2, -0.15) is 0 Å². The largest absolute Gasteiger partial charge is 0.497 e. The number of benzene rings is 2. The zero-order chi connectivity index (χ0) is 23.1. The molecular formula is C28H37NO3. The molecule has 0 radical (unpaired) electrons. The maximum Gasteiger partial charge on any atom is 0.230 e. The maximum atomic E-state index is 13.8. The number of aryl methyl sites for hydroxylation is 1. The van der Waals surface area contributed by atoms with Crippen molar-refractivity contribution >= 4 is 11.6 Å². The number of carbonyl (C=O) groups excluding carboxylic acids is 1. The first-order chi connectivity index (χ1) is 15.2. The van der Waals surface area contributed by atoms with Gasteiger partial charge in [0.25, 0.3) is 0 Å². The third kappa shape index (κ3) is 3.68. The van der Waals surface area contributed by atoms with E-state index in [-0.39, 0.29) is 11.3 Å². The quantitative estimate of drug-likeness (QED) is 0.585. The molecule has 172 valence electrons. The molecule has 1 amide bonds. The fraction of sp³-hybridized carbons (Fsp3) is 0.536. The molecule has 0 spiro atoms. The number of carbonyl (C=O) groups is 1. The summed E-state index contributed by atoms with van der Waals surface area (Å²) >= 11 is 0. The van der Waals surface area contributed by atoms with E-state index in [1.807, 2.05) is 18.2 Å². The standard InChI is InChI=1S/C28H37NO3/c1-18(2)19-8-11-22-20(16-19)9-13-25-27(22,3)14-7-15-28(25,4)26(30)29-23-12-10-21(31-5)17-24(23)32-6/h8,10-12,16-18,25H,7,9,13-15H2,1-6H3,(H,29,30)/t25-,27-,28-/m1/s1. The van der Waals surface area contributed by atoms with Crippen molar-refractivity contribution in [3.05, 3.63) is 53.1 Å². The van der Waals surface area contributed by atoms with E-state index in [0.717, 1.165) is 32.1 Å². The molecule has 4 heteroatoms. The molecule has 1 N–H and O–H groups in total. The van der Waals surface area contributed by atoms with Crippen molar-refractivity contribution in [2.45, 2.75) is 71.1 Å². The second kappa shape index (κ2) is 8.46. The molecule has 1 saturated carbocycles. The van der Waals surface area contributed by atoms with E-state index < -0.39 is 5.41 Å². The molecule has 4 nitrogen and oxygen atoms in total. The lowest BCUT2D eigenvalue weighted by Crippen LogP contribution is -2.53. The van der Waals surface area contributed by atoms with Crippen molar-refractivity contribution in [3.63, 3.8) is 0 Å². The van der Waals surface area contributed by atoms with E-state index in [1.54, 1.807) is 14.2 Å². The Bertz CT molecular complexity index is 1010. The fourth-order valence-corrected chi connectivity index (χ4v) is 6.31. The Balaban J connectivity index is 1.65. The minimum Gasteiger partial charge on any atom is -0.497 e. The van der Waals surface area contributed by atoms with Crippen molar-refractivity contribution in [3.8, 4) is 11.5 Å². The summed E-state index contributed by atoms with van der Waals surface area (Å²) in [5.41, 5.74) is 4.65. The van der Waals surface area contributed by atoms with Gasteiger partial charge in [0.05, 0.1) is 25.3 Å². The Morgan fingerprint density at radius 2 is 1.84 bits per heavy atom. The Morgan fingerprint density at radius 3 is 2.53 bits per heavy atom. The summed E-state index contributed by atoms with van der Waals surface area (Å²) < 4.78 is 10.8. The smallest absolute Gasteiger partial charge is 0.230 e. The van der Waals surface area contributed by atoms with Crippen LogP contribution in [0.4, 0.5) is 5.69 Å². The van der Waals surface area contributed by atoms with Crippen LogP contribution in [0, 0.1) is 11.3 Å². The summed E-state index contributed by atoms with van der Waals surface area (Å²) in [7, 11) is 3.25. The first kappa shape index (κ1) is 22.7. The zero-order valence-electron chi connectivity index (χ0n) is 20.4. The highest BCUT2D eigenvalue weighted by Gasteiger charge is 2.55. The number of hydrogen-bond donors (Lipinski definition) is 1. The third-order valence-corrected chi connectivity index (χ3v) is 8.22. The Morgan fingerprint density at radius 1 is 1.06 bits per heavy atom. The fourth-order valence-electron chi connectivity index (χ4n) is 6.31. The van der Waals surface area contributed by atoms with Crippen molar-refractivity contribution in [2.75, 3.05) is 19.5 Å². The molecule has 3 atom stereocenters. The van der Waals surface area contributed by atoms with Gasteiger partial charge in [-0.3, -0.25) is 4.79 Å². The summed E-state index contributed by atoms with van der Waals surface area (Å²) in [5.74, 6) is 2.27. The van der Waals surface area contributed by atoms with Gasteiger partial charge >= 0.3 is 0 Å². The van der Waals surface area contributed by atoms with Gasteiger partial charge in [0.2, 0.25) is 5.91 Å². The van der Waals surface area contributed by atoms with Crippen LogP contribution in [0.1, 0.15) is 76.0 Å². The lowest BCUT2D eigenvalue weighted by molar-refractivity contribution is -0.133. The summed E-state index contributed by atoms with van der Waals surface area (Å²) in [4.78, 5) is 13.8. The number of amides is 1. The lowest BCUT2D eigenvalue weighted by atomic mass is 9.49. The van der Waals surface area contributed by atoms with E-state index in [0.29, 0.717) is 29.0 Å². The average molecular weight is 436 g/mol. The SMILES string of the molecule is COc1ccc(NC(=O)[C@]2(C)CCC[C@]3(C)c4ccc(C(C)C)cc4CC[C@@H]23)c(OC)c1. The van der Waals surface area contributed by atoms with Crippen LogP contribution in [0.5, 0.6) is 11.5 Å². The number of anilines is 1. The number of methoxy groups -OCH3 is 2. The number of nitrogens with one attached hydrogen (secondary N) is 1. The molecule has 2 aliphatic rings. The van der Waals surface area contributed by atoms with Crippen LogP contribution in [0.25, 0.3) is 0 Å². The van der Waals surface area contributed by atoms with Gasteiger partial charge in [-0.1, -0.05) is 52.3 Å². The maximum absolute atomic E-state index is 13.8. The normalized spacial score (nSPS) is 26.8. The predicted molar refractivity (Wildman–Crippen MR) is 130 cm³/mol. The van der Waals surface area contributed by atoms with Gasteiger partial charge in [0, 0.05) is 6.07 Å². The molecule has 0 heterocycles. The highest BCUT2D eigenvalue weighted by atomic mass is 16.5. The van der Waals surface area contributed by atoms with Crippen LogP contribution >= 0.6 is 0 Å². The third-order valence-electron chi connectivity index (χ3n) is 8.22. The molecule has 0 aromatic heterocycles. The zero-order valence-corrected chi connectivity index (χ0v) is 20.4. The summed E-state index contributed by atoms with van der Waals surface area (Å²) in [6.45, 7) is 9.08. The van der Waals surface area contributed by atoms with E-state index in [4.69, 9.17) is 9.47 Å². The number of rotatable bonds is 5. The molecule has 2 aliphatic carbocycles. The molecule has 0 unspecified atom stereocenters. The second-order valence-electron chi connectivity index (χ2n) is 10.4. The van der Waals surface area contributed by atoms with Gasteiger partial charge in [-0.15, -0.1) is 0 Å². The van der Waals surface area contributed by atoms with Crippen LogP contribution in [0.2, 0.25) is 0 Å². The molecule has 0 saturated heterocycles. The number of fused-ring (bicyclic) bond motifs is 3. The van der Waals surface area contributed by atoms with Gasteiger partial charge < -0.3 is 14.8 Å². The molecule has 1 fully saturated rings. The summed E-state index contributed by atoms with van der Waals surface area (Å²) in [5, 5.41) is 3.20.